The van der Waals surface area contributed by atoms with Gasteiger partial charge in [-0.25, -0.2) is 0 Å². The summed E-state index contributed by atoms with van der Waals surface area (Å²) in [5, 5.41) is 19.3. The number of phenols is 2. The van der Waals surface area contributed by atoms with Crippen LogP contribution in [-0.2, 0) is 9.72 Å². The van der Waals surface area contributed by atoms with Crippen molar-refractivity contribution in [2.45, 2.75) is 67.5 Å². The van der Waals surface area contributed by atoms with Gasteiger partial charge in [0, 0.05) is 5.56 Å². The van der Waals surface area contributed by atoms with Crippen LogP contribution in [0.1, 0.15) is 73.4 Å². The number of phenolic OH excluding ortho intramolecular Hbond substituents is 2. The van der Waals surface area contributed by atoms with Crippen LogP contribution in [0.5, 0.6) is 17.2 Å². The molecule has 5 heteroatoms. The molecule has 0 bridgehead atoms. The fourth-order valence-corrected chi connectivity index (χ4v) is 7.30. The van der Waals surface area contributed by atoms with Crippen molar-refractivity contribution >= 4 is 12.7 Å². The Kier molecular flexibility index (Phi) is 13.6. The number of benzene rings is 4. The molecule has 0 fully saturated rings. The molecular weight excluding hydrogens is 503 g/mol. The average molecular weight is 549 g/mol. The monoisotopic (exact) mass is 548 g/mol. The molecule has 0 aliphatic carbocycles. The molecule has 0 saturated heterocycles. The van der Waals surface area contributed by atoms with E-state index in [0.29, 0.717) is 11.1 Å². The lowest BCUT2D eigenvalue weighted by atomic mass is 9.92. The molecule has 1 heterocycles. The second-order valence-electron chi connectivity index (χ2n) is 7.82. The summed E-state index contributed by atoms with van der Waals surface area (Å²) < 4.78 is 21.5. The molecular formula is C34H45O4P. The Morgan fingerprint density at radius 1 is 0.564 bits per heavy atom. The number of hydrogen-bond donors (Lipinski definition) is 2. The van der Waals surface area contributed by atoms with Crippen LogP contribution in [-0.4, -0.2) is 10.2 Å². The predicted octanol–water partition coefficient (Wildman–Crippen LogP) is 10.1. The maximum Gasteiger partial charge on any atom is 0.292 e. The lowest BCUT2D eigenvalue weighted by molar-refractivity contribution is 0.460. The van der Waals surface area contributed by atoms with E-state index in [2.05, 4.69) is 0 Å². The third kappa shape index (κ3) is 6.57. The molecule has 0 spiro atoms. The van der Waals surface area contributed by atoms with Gasteiger partial charge in [0.05, 0.1) is 5.30 Å². The van der Waals surface area contributed by atoms with Crippen LogP contribution < -0.4 is 9.83 Å². The first kappa shape index (κ1) is 33.5. The molecule has 0 aromatic heterocycles. The van der Waals surface area contributed by atoms with Gasteiger partial charge < -0.3 is 14.7 Å². The van der Waals surface area contributed by atoms with Gasteiger partial charge in [-0.05, 0) is 60.0 Å². The maximum absolute atomic E-state index is 15.1. The number of rotatable bonds is 3. The van der Waals surface area contributed by atoms with Gasteiger partial charge in [-0.2, -0.15) is 0 Å². The van der Waals surface area contributed by atoms with E-state index in [-0.39, 0.29) is 11.5 Å². The van der Waals surface area contributed by atoms with Crippen LogP contribution in [0.2, 0.25) is 0 Å². The van der Waals surface area contributed by atoms with Crippen LogP contribution in [0.15, 0.2) is 97.1 Å². The van der Waals surface area contributed by atoms with Gasteiger partial charge in [-0.15, -0.1) is 0 Å². The Bertz CT molecular complexity index is 1270. The van der Waals surface area contributed by atoms with Crippen molar-refractivity contribution in [3.8, 4) is 28.4 Å². The molecule has 0 amide bonds. The van der Waals surface area contributed by atoms with Gasteiger partial charge in [-0.1, -0.05) is 116 Å². The highest BCUT2D eigenvalue weighted by molar-refractivity contribution is 7.69. The van der Waals surface area contributed by atoms with Crippen LogP contribution in [0.4, 0.5) is 0 Å². The van der Waals surface area contributed by atoms with Crippen molar-refractivity contribution in [1.82, 2.24) is 0 Å². The zero-order chi connectivity index (χ0) is 29.6. The largest absolute Gasteiger partial charge is 0.508 e. The van der Waals surface area contributed by atoms with Crippen LogP contribution in [0.3, 0.4) is 0 Å². The third-order valence-electron chi connectivity index (χ3n) is 6.07. The quantitative estimate of drug-likeness (QED) is 0.250. The highest BCUT2D eigenvalue weighted by atomic mass is 31.2. The first-order valence-electron chi connectivity index (χ1n) is 14.0. The van der Waals surface area contributed by atoms with Crippen molar-refractivity contribution in [3.05, 3.63) is 108 Å². The van der Waals surface area contributed by atoms with Gasteiger partial charge in [0.2, 0.25) is 0 Å². The van der Waals surface area contributed by atoms with E-state index >= 15 is 4.57 Å². The highest BCUT2D eigenvalue weighted by Gasteiger charge is 2.53. The molecule has 39 heavy (non-hydrogen) atoms. The number of para-hydroxylation sites is 1. The number of fused-ring (bicyclic) bond motifs is 3. The zero-order valence-electron chi connectivity index (χ0n) is 24.9. The Morgan fingerprint density at radius 2 is 0.949 bits per heavy atom. The van der Waals surface area contributed by atoms with Gasteiger partial charge in [0.1, 0.15) is 22.4 Å². The molecule has 1 aliphatic heterocycles. The van der Waals surface area contributed by atoms with Crippen LogP contribution in [0, 0.1) is 0 Å². The van der Waals surface area contributed by atoms with E-state index in [0.717, 1.165) is 22.3 Å². The van der Waals surface area contributed by atoms with E-state index in [1.165, 1.54) is 0 Å². The Balaban J connectivity index is 0.000000874. The SMILES string of the molecule is CC.CC.CC.CC.CC(c1ccc(O)cc1)(c1ccc(O)cc1)P1(=O)Oc2ccccc2-c2ccccc21. The molecule has 4 aromatic carbocycles. The van der Waals surface area contributed by atoms with E-state index in [4.69, 9.17) is 4.52 Å². The minimum Gasteiger partial charge on any atom is -0.508 e. The Labute approximate surface area is 235 Å². The number of hydrogen-bond acceptors (Lipinski definition) is 4. The molecule has 0 saturated carbocycles. The minimum absolute atomic E-state index is 0.130. The fraction of sp³-hybridized carbons (Fsp3) is 0.294. The van der Waals surface area contributed by atoms with Gasteiger partial charge in [0.15, 0.2) is 0 Å². The third-order valence-corrected chi connectivity index (χ3v) is 9.24. The van der Waals surface area contributed by atoms with Gasteiger partial charge in [-0.3, -0.25) is 4.57 Å². The highest BCUT2D eigenvalue weighted by Crippen LogP contribution is 2.68. The lowest BCUT2D eigenvalue weighted by Crippen LogP contribution is -2.34. The van der Waals surface area contributed by atoms with Crippen molar-refractivity contribution in [2.24, 2.45) is 0 Å². The molecule has 4 aromatic rings. The summed E-state index contributed by atoms with van der Waals surface area (Å²) >= 11 is 0. The molecule has 5 rings (SSSR count). The van der Waals surface area contributed by atoms with E-state index in [9.17, 15) is 10.2 Å². The van der Waals surface area contributed by atoms with Gasteiger partial charge in [0.25, 0.3) is 7.37 Å². The van der Waals surface area contributed by atoms with E-state index in [1.54, 1.807) is 48.5 Å². The summed E-state index contributed by atoms with van der Waals surface area (Å²) in [6.07, 6.45) is 0. The topological polar surface area (TPSA) is 66.8 Å². The molecule has 1 unspecified atom stereocenters. The Hall–Kier alpha value is -3.49. The van der Waals surface area contributed by atoms with E-state index in [1.807, 2.05) is 111 Å². The molecule has 210 valence electrons. The fourth-order valence-electron chi connectivity index (χ4n) is 4.33. The van der Waals surface area contributed by atoms with Crippen LogP contribution >= 0.6 is 7.37 Å². The summed E-state index contributed by atoms with van der Waals surface area (Å²) in [7, 11) is -3.60. The summed E-state index contributed by atoms with van der Waals surface area (Å²) in [6.45, 7) is 17.9. The smallest absolute Gasteiger partial charge is 0.292 e. The Morgan fingerprint density at radius 3 is 1.41 bits per heavy atom. The first-order valence-corrected chi connectivity index (χ1v) is 15.6. The van der Waals surface area contributed by atoms with Crippen molar-refractivity contribution in [1.29, 1.82) is 0 Å². The lowest BCUT2D eigenvalue weighted by Gasteiger charge is -2.41. The van der Waals surface area contributed by atoms with Crippen molar-refractivity contribution in [2.75, 3.05) is 0 Å². The number of aromatic hydroxyl groups is 2. The van der Waals surface area contributed by atoms with Crippen molar-refractivity contribution in [3.63, 3.8) is 0 Å². The second kappa shape index (κ2) is 15.8. The predicted molar refractivity (Wildman–Crippen MR) is 168 cm³/mol. The second-order valence-corrected chi connectivity index (χ2v) is 10.5. The summed E-state index contributed by atoms with van der Waals surface area (Å²) in [5.74, 6) is 0.837. The first-order chi connectivity index (χ1) is 18.9. The van der Waals surface area contributed by atoms with Gasteiger partial charge >= 0.3 is 0 Å². The molecule has 1 atom stereocenters. The molecule has 0 radical (unpaired) electrons. The standard InChI is InChI=1S/C26H21O4P.4C2H6/c1-26(18-10-14-20(27)15-11-18,19-12-16-21(28)17-13-19)31(29)25-9-5-3-7-23(25)22-6-2-4-8-24(22)30-31;4*1-2/h2-17,27-28H,1H3;4*1-2H3. The van der Waals surface area contributed by atoms with E-state index < -0.39 is 12.5 Å². The average Bonchev–Trinajstić information content (AvgIpc) is 3.01. The normalized spacial score (nSPS) is 14.4. The minimum atomic E-state index is -3.60. The molecule has 1 aliphatic rings. The summed E-state index contributed by atoms with van der Waals surface area (Å²) in [6, 6.07) is 28.7. The zero-order valence-corrected chi connectivity index (χ0v) is 25.8. The summed E-state index contributed by atoms with van der Waals surface area (Å²) in [5.41, 5.74) is 3.28. The van der Waals surface area contributed by atoms with Crippen LogP contribution in [0.25, 0.3) is 11.1 Å². The molecule has 4 nitrogen and oxygen atoms in total. The molecule has 2 N–H and O–H groups in total. The summed E-state index contributed by atoms with van der Waals surface area (Å²) in [4.78, 5) is 0. The maximum atomic E-state index is 15.1. The van der Waals surface area contributed by atoms with Crippen molar-refractivity contribution < 1.29 is 19.3 Å².